The minimum Gasteiger partial charge on any atom is -0.495 e. The van der Waals surface area contributed by atoms with Gasteiger partial charge in [-0.2, -0.15) is 0 Å². The number of benzene rings is 3. The van der Waals surface area contributed by atoms with E-state index in [1.807, 2.05) is 30.3 Å². The van der Waals surface area contributed by atoms with Crippen LogP contribution in [0.4, 0.5) is 11.4 Å². The molecule has 1 N–H and O–H groups in total. The van der Waals surface area contributed by atoms with Crippen molar-refractivity contribution in [3.05, 3.63) is 93.0 Å². The number of nitrogens with zero attached hydrogens (tertiary/aromatic N) is 3. The van der Waals surface area contributed by atoms with E-state index in [2.05, 4.69) is 5.32 Å². The molecular formula is C33H39ClN4O7S. The average Bonchev–Trinajstić information content (AvgIpc) is 3.04. The number of rotatable bonds is 13. The first-order chi connectivity index (χ1) is 22.0. The fourth-order valence-electron chi connectivity index (χ4n) is 5.69. The van der Waals surface area contributed by atoms with Gasteiger partial charge >= 0.3 is 0 Å². The van der Waals surface area contributed by atoms with Crippen molar-refractivity contribution in [2.45, 2.75) is 75.9 Å². The number of sulfonamides is 1. The number of aryl methyl sites for hydroxylation is 1. The Bertz CT molecular complexity index is 1660. The van der Waals surface area contributed by atoms with E-state index >= 15 is 0 Å². The summed E-state index contributed by atoms with van der Waals surface area (Å²) in [6, 6.07) is 16.1. The van der Waals surface area contributed by atoms with E-state index in [-0.39, 0.29) is 52.6 Å². The molecule has 3 aromatic rings. The number of nitro benzene ring substituents is 1. The van der Waals surface area contributed by atoms with Crippen molar-refractivity contribution in [2.24, 2.45) is 0 Å². The lowest BCUT2D eigenvalue weighted by molar-refractivity contribution is -0.385. The lowest BCUT2D eigenvalue weighted by Gasteiger charge is -2.34. The fraction of sp³-hybridized carbons (Fsp3) is 0.394. The van der Waals surface area contributed by atoms with Crippen LogP contribution in [-0.2, 0) is 26.2 Å². The Morgan fingerprint density at radius 2 is 1.76 bits per heavy atom. The summed E-state index contributed by atoms with van der Waals surface area (Å²) >= 11 is 6.30. The highest BCUT2D eigenvalue weighted by Crippen LogP contribution is 2.36. The molecule has 1 aliphatic rings. The molecule has 0 bridgehead atoms. The normalized spacial score (nSPS) is 14.3. The summed E-state index contributed by atoms with van der Waals surface area (Å²) in [5, 5.41) is 15.0. The molecule has 0 aromatic heterocycles. The van der Waals surface area contributed by atoms with Crippen molar-refractivity contribution in [2.75, 3.05) is 18.0 Å². The van der Waals surface area contributed by atoms with Gasteiger partial charge < -0.3 is 15.0 Å². The minimum atomic E-state index is -4.61. The molecule has 11 nitrogen and oxygen atoms in total. The summed E-state index contributed by atoms with van der Waals surface area (Å²) in [4.78, 5) is 40.1. The molecular weight excluding hydrogens is 632 g/mol. The van der Waals surface area contributed by atoms with Gasteiger partial charge in [0.15, 0.2) is 0 Å². The Hall–Kier alpha value is -4.16. The first kappa shape index (κ1) is 34.7. The first-order valence-corrected chi connectivity index (χ1v) is 17.0. The maximum absolute atomic E-state index is 14.4. The molecule has 4 rings (SSSR count). The minimum absolute atomic E-state index is 0.00824. The molecule has 1 aliphatic carbocycles. The monoisotopic (exact) mass is 670 g/mol. The van der Waals surface area contributed by atoms with Crippen molar-refractivity contribution >= 4 is 44.8 Å². The van der Waals surface area contributed by atoms with Gasteiger partial charge in [-0.1, -0.05) is 74.2 Å². The molecule has 246 valence electrons. The Labute approximate surface area is 274 Å². The molecule has 13 heteroatoms. The summed E-state index contributed by atoms with van der Waals surface area (Å²) in [6.07, 6.45) is 5.15. The second-order valence-corrected chi connectivity index (χ2v) is 13.6. The lowest BCUT2D eigenvalue weighted by atomic mass is 9.95. The van der Waals surface area contributed by atoms with Crippen molar-refractivity contribution in [3.63, 3.8) is 0 Å². The number of hydrogen-bond acceptors (Lipinski definition) is 7. The predicted octanol–water partition coefficient (Wildman–Crippen LogP) is 6.02. The highest BCUT2D eigenvalue weighted by Gasteiger charge is 2.36. The molecule has 0 radical (unpaired) electrons. The van der Waals surface area contributed by atoms with Gasteiger partial charge in [0.1, 0.15) is 18.3 Å². The van der Waals surface area contributed by atoms with E-state index in [1.165, 1.54) is 49.3 Å². The molecule has 3 aromatic carbocycles. The summed E-state index contributed by atoms with van der Waals surface area (Å²) in [5.74, 6) is -0.844. The Morgan fingerprint density at radius 1 is 1.07 bits per heavy atom. The molecule has 0 saturated heterocycles. The molecule has 0 aliphatic heterocycles. The average molecular weight is 671 g/mol. The van der Waals surface area contributed by atoms with Gasteiger partial charge in [-0.15, -0.1) is 0 Å². The molecule has 2 amide bonds. The number of anilines is 1. The van der Waals surface area contributed by atoms with Gasteiger partial charge in [-0.05, 0) is 56.0 Å². The van der Waals surface area contributed by atoms with Crippen LogP contribution in [0.1, 0.15) is 56.6 Å². The van der Waals surface area contributed by atoms with Crippen LogP contribution in [-0.4, -0.2) is 55.8 Å². The molecule has 46 heavy (non-hydrogen) atoms. The Kier molecular flexibility index (Phi) is 11.6. The predicted molar refractivity (Wildman–Crippen MR) is 176 cm³/mol. The molecule has 1 saturated carbocycles. The van der Waals surface area contributed by atoms with Gasteiger partial charge in [0.25, 0.3) is 15.7 Å². The van der Waals surface area contributed by atoms with Crippen LogP contribution in [0.15, 0.2) is 71.6 Å². The van der Waals surface area contributed by atoms with Crippen molar-refractivity contribution < 1.29 is 27.7 Å². The van der Waals surface area contributed by atoms with Gasteiger partial charge in [0.2, 0.25) is 11.8 Å². The van der Waals surface area contributed by atoms with E-state index in [0.29, 0.717) is 0 Å². The Morgan fingerprint density at radius 3 is 2.39 bits per heavy atom. The SMILES string of the molecule is CC[C@@H](C(=O)NC1CCCCC1)N(Cc1ccccc1)C(=O)CN(c1cc(Cl)ccc1OC)S(=O)(=O)c1ccc(C)c([N+](=O)[O-])c1. The maximum atomic E-state index is 14.4. The van der Waals surface area contributed by atoms with Crippen LogP contribution in [0, 0.1) is 17.0 Å². The van der Waals surface area contributed by atoms with Crippen LogP contribution in [0.25, 0.3) is 0 Å². The smallest absolute Gasteiger partial charge is 0.273 e. The zero-order valence-corrected chi connectivity index (χ0v) is 27.7. The Balaban J connectivity index is 1.79. The number of ether oxygens (including phenoxy) is 1. The van der Waals surface area contributed by atoms with Gasteiger partial charge in [0.05, 0.1) is 22.6 Å². The topological polar surface area (TPSA) is 139 Å². The number of carbonyl (C=O) groups is 2. The summed E-state index contributed by atoms with van der Waals surface area (Å²) in [7, 11) is -3.26. The van der Waals surface area contributed by atoms with Crippen molar-refractivity contribution in [1.82, 2.24) is 10.2 Å². The lowest BCUT2D eigenvalue weighted by Crippen LogP contribution is -2.54. The number of nitro groups is 1. The third-order valence-electron chi connectivity index (χ3n) is 8.19. The first-order valence-electron chi connectivity index (χ1n) is 15.2. The van der Waals surface area contributed by atoms with E-state index in [9.17, 15) is 28.1 Å². The number of carbonyl (C=O) groups excluding carboxylic acids is 2. The number of methoxy groups -OCH3 is 1. The summed E-state index contributed by atoms with van der Waals surface area (Å²) in [6.45, 7) is 2.62. The van der Waals surface area contributed by atoms with Gasteiger partial charge in [-0.25, -0.2) is 8.42 Å². The van der Waals surface area contributed by atoms with Crippen molar-refractivity contribution in [1.29, 1.82) is 0 Å². The van der Waals surface area contributed by atoms with Crippen LogP contribution in [0.2, 0.25) is 5.02 Å². The standard InChI is InChI=1S/C33H39ClN4O7S/c1-4-28(33(40)35-26-13-9-6-10-14-26)36(21-24-11-7-5-8-12-24)32(39)22-37(30-19-25(34)16-18-31(30)45-3)46(43,44)27-17-15-23(2)29(20-27)38(41)42/h5,7-8,11-12,15-20,26,28H,4,6,9-10,13-14,21-22H2,1-3H3,(H,35,40)/t28-/m0/s1. The summed E-state index contributed by atoms with van der Waals surface area (Å²) in [5.41, 5.74) is 0.604. The second kappa shape index (κ2) is 15.4. The molecule has 0 spiro atoms. The van der Waals surface area contributed by atoms with E-state index < -0.39 is 38.3 Å². The van der Waals surface area contributed by atoms with Crippen LogP contribution < -0.4 is 14.4 Å². The summed E-state index contributed by atoms with van der Waals surface area (Å²) < 4.78 is 34.9. The number of halogens is 1. The van der Waals surface area contributed by atoms with E-state index in [1.54, 1.807) is 6.92 Å². The largest absolute Gasteiger partial charge is 0.495 e. The molecule has 0 unspecified atom stereocenters. The molecule has 1 atom stereocenters. The van der Waals surface area contributed by atoms with Gasteiger partial charge in [-0.3, -0.25) is 24.0 Å². The second-order valence-electron chi connectivity index (χ2n) is 11.3. The quantitative estimate of drug-likeness (QED) is 0.173. The van der Waals surface area contributed by atoms with Crippen molar-refractivity contribution in [3.8, 4) is 5.75 Å². The third kappa shape index (κ3) is 8.16. The van der Waals surface area contributed by atoms with E-state index in [4.69, 9.17) is 16.3 Å². The maximum Gasteiger partial charge on any atom is 0.273 e. The highest BCUT2D eigenvalue weighted by atomic mass is 35.5. The molecule has 1 fully saturated rings. The zero-order valence-electron chi connectivity index (χ0n) is 26.1. The molecule has 0 heterocycles. The third-order valence-corrected chi connectivity index (χ3v) is 10.2. The number of hydrogen-bond donors (Lipinski definition) is 1. The van der Waals surface area contributed by atoms with Crippen LogP contribution >= 0.6 is 11.6 Å². The van der Waals surface area contributed by atoms with Crippen LogP contribution in [0.5, 0.6) is 5.75 Å². The number of nitrogens with one attached hydrogen (secondary N) is 1. The fourth-order valence-corrected chi connectivity index (χ4v) is 7.29. The number of amides is 2. The zero-order chi connectivity index (χ0) is 33.4. The highest BCUT2D eigenvalue weighted by molar-refractivity contribution is 7.92. The van der Waals surface area contributed by atoms with Crippen LogP contribution in [0.3, 0.4) is 0 Å². The van der Waals surface area contributed by atoms with E-state index in [0.717, 1.165) is 48.0 Å². The van der Waals surface area contributed by atoms with Gasteiger partial charge in [0, 0.05) is 29.2 Å².